The topological polar surface area (TPSA) is 59.3 Å². The first-order valence-electron chi connectivity index (χ1n) is 7.78. The Labute approximate surface area is 129 Å². The summed E-state index contributed by atoms with van der Waals surface area (Å²) in [6.07, 6.45) is 0.966. The van der Waals surface area contributed by atoms with E-state index >= 15 is 0 Å². The summed E-state index contributed by atoms with van der Waals surface area (Å²) in [5.41, 5.74) is 1.59. The SMILES string of the molecule is CCn1c(=O)n(CC(=O)N(C)C2CCNC2)c2ccccc21. The van der Waals surface area contributed by atoms with Crippen LogP contribution in [0.4, 0.5) is 0 Å². The van der Waals surface area contributed by atoms with Gasteiger partial charge in [0.15, 0.2) is 0 Å². The van der Waals surface area contributed by atoms with E-state index in [1.54, 1.807) is 14.0 Å². The summed E-state index contributed by atoms with van der Waals surface area (Å²) < 4.78 is 3.29. The zero-order valence-corrected chi connectivity index (χ0v) is 13.1. The van der Waals surface area contributed by atoms with Crippen LogP contribution in [0.5, 0.6) is 0 Å². The zero-order valence-electron chi connectivity index (χ0n) is 13.1. The molecule has 2 heterocycles. The summed E-state index contributed by atoms with van der Waals surface area (Å²) in [6.45, 7) is 4.41. The zero-order chi connectivity index (χ0) is 15.7. The minimum atomic E-state index is -0.116. The van der Waals surface area contributed by atoms with Crippen LogP contribution in [0.1, 0.15) is 13.3 Å². The number of benzene rings is 1. The fraction of sp³-hybridized carbons (Fsp3) is 0.500. The molecule has 1 aromatic carbocycles. The van der Waals surface area contributed by atoms with E-state index in [9.17, 15) is 9.59 Å². The number of aryl methyl sites for hydroxylation is 1. The Morgan fingerprint density at radius 2 is 2.00 bits per heavy atom. The molecule has 6 nitrogen and oxygen atoms in total. The Hall–Kier alpha value is -2.08. The maximum atomic E-state index is 12.5. The maximum absolute atomic E-state index is 12.5. The number of nitrogens with zero attached hydrogens (tertiary/aromatic N) is 3. The summed E-state index contributed by atoms with van der Waals surface area (Å²) in [5.74, 6) is -0.0187. The molecule has 1 aromatic heterocycles. The summed E-state index contributed by atoms with van der Waals surface area (Å²) in [4.78, 5) is 26.8. The first-order valence-corrected chi connectivity index (χ1v) is 7.78. The number of hydrogen-bond donors (Lipinski definition) is 1. The van der Waals surface area contributed by atoms with Gasteiger partial charge in [-0.15, -0.1) is 0 Å². The Bertz CT molecular complexity index is 740. The van der Waals surface area contributed by atoms with Crippen molar-refractivity contribution in [3.05, 3.63) is 34.7 Å². The molecule has 1 atom stereocenters. The molecule has 0 bridgehead atoms. The fourth-order valence-corrected chi connectivity index (χ4v) is 3.15. The summed E-state index contributed by atoms with van der Waals surface area (Å²) in [5, 5.41) is 3.26. The van der Waals surface area contributed by atoms with Crippen LogP contribution >= 0.6 is 0 Å². The van der Waals surface area contributed by atoms with Gasteiger partial charge in [-0.05, 0) is 32.0 Å². The van der Waals surface area contributed by atoms with Gasteiger partial charge >= 0.3 is 5.69 Å². The Balaban J connectivity index is 1.92. The Morgan fingerprint density at radius 1 is 1.32 bits per heavy atom. The molecule has 1 unspecified atom stereocenters. The summed E-state index contributed by atoms with van der Waals surface area (Å²) in [7, 11) is 1.82. The molecule has 1 fully saturated rings. The van der Waals surface area contributed by atoms with Crippen LogP contribution in [0.25, 0.3) is 11.0 Å². The highest BCUT2D eigenvalue weighted by Gasteiger charge is 2.24. The van der Waals surface area contributed by atoms with E-state index in [0.29, 0.717) is 6.54 Å². The smallest absolute Gasteiger partial charge is 0.329 e. The number of likely N-dealkylation sites (N-methyl/N-ethyl adjacent to an activating group) is 1. The van der Waals surface area contributed by atoms with Crippen molar-refractivity contribution in [3.63, 3.8) is 0 Å². The molecule has 2 aromatic rings. The number of para-hydroxylation sites is 2. The number of imidazole rings is 1. The second kappa shape index (κ2) is 5.96. The van der Waals surface area contributed by atoms with Crippen molar-refractivity contribution < 1.29 is 4.79 Å². The van der Waals surface area contributed by atoms with E-state index in [1.807, 2.05) is 38.2 Å². The average molecular weight is 302 g/mol. The lowest BCUT2D eigenvalue weighted by Crippen LogP contribution is -2.41. The van der Waals surface area contributed by atoms with E-state index in [0.717, 1.165) is 30.5 Å². The molecule has 22 heavy (non-hydrogen) atoms. The van der Waals surface area contributed by atoms with Crippen LogP contribution in [-0.4, -0.2) is 46.1 Å². The number of nitrogens with one attached hydrogen (secondary N) is 1. The van der Waals surface area contributed by atoms with Crippen LogP contribution in [0, 0.1) is 0 Å². The molecule has 6 heteroatoms. The number of fused-ring (bicyclic) bond motifs is 1. The number of aromatic nitrogens is 2. The van der Waals surface area contributed by atoms with Crippen LogP contribution in [0.15, 0.2) is 29.1 Å². The van der Waals surface area contributed by atoms with Crippen molar-refractivity contribution in [1.29, 1.82) is 0 Å². The van der Waals surface area contributed by atoms with E-state index in [2.05, 4.69) is 5.32 Å². The van der Waals surface area contributed by atoms with Gasteiger partial charge in [-0.3, -0.25) is 13.9 Å². The predicted octanol–water partition coefficient (Wildman–Crippen LogP) is 0.643. The lowest BCUT2D eigenvalue weighted by molar-refractivity contribution is -0.132. The highest BCUT2D eigenvalue weighted by Crippen LogP contribution is 2.14. The molecule has 0 aliphatic carbocycles. The molecule has 1 aliphatic rings. The average Bonchev–Trinajstić information content (AvgIpc) is 3.14. The van der Waals surface area contributed by atoms with Crippen molar-refractivity contribution in [2.75, 3.05) is 20.1 Å². The second-order valence-corrected chi connectivity index (χ2v) is 5.75. The van der Waals surface area contributed by atoms with Crippen molar-refractivity contribution >= 4 is 16.9 Å². The van der Waals surface area contributed by atoms with Gasteiger partial charge in [-0.25, -0.2) is 4.79 Å². The third-order valence-corrected chi connectivity index (χ3v) is 4.51. The minimum absolute atomic E-state index is 0.0187. The molecule has 0 spiro atoms. The largest absolute Gasteiger partial charge is 0.340 e. The highest BCUT2D eigenvalue weighted by atomic mass is 16.2. The monoisotopic (exact) mass is 302 g/mol. The number of hydrogen-bond acceptors (Lipinski definition) is 3. The van der Waals surface area contributed by atoms with Crippen molar-refractivity contribution in [3.8, 4) is 0 Å². The first-order chi connectivity index (χ1) is 10.6. The molecular weight excluding hydrogens is 280 g/mol. The van der Waals surface area contributed by atoms with Crippen LogP contribution in [0.3, 0.4) is 0 Å². The van der Waals surface area contributed by atoms with E-state index < -0.39 is 0 Å². The van der Waals surface area contributed by atoms with Crippen LogP contribution in [0.2, 0.25) is 0 Å². The van der Waals surface area contributed by atoms with Gasteiger partial charge in [0.1, 0.15) is 6.54 Å². The second-order valence-electron chi connectivity index (χ2n) is 5.75. The lowest BCUT2D eigenvalue weighted by atomic mass is 10.2. The van der Waals surface area contributed by atoms with Crippen molar-refractivity contribution in [2.45, 2.75) is 32.5 Å². The summed E-state index contributed by atoms with van der Waals surface area (Å²) >= 11 is 0. The third kappa shape index (κ3) is 2.43. The van der Waals surface area contributed by atoms with E-state index in [4.69, 9.17) is 0 Å². The Morgan fingerprint density at radius 3 is 2.59 bits per heavy atom. The molecular formula is C16H22N4O2. The predicted molar refractivity (Wildman–Crippen MR) is 85.9 cm³/mol. The lowest BCUT2D eigenvalue weighted by Gasteiger charge is -2.23. The molecule has 1 aliphatic heterocycles. The standard InChI is InChI=1S/C16H22N4O2/c1-3-19-13-6-4-5-7-14(13)20(16(19)22)11-15(21)18(2)12-8-9-17-10-12/h4-7,12,17H,3,8-11H2,1-2H3. The van der Waals surface area contributed by atoms with Gasteiger partial charge in [-0.2, -0.15) is 0 Å². The third-order valence-electron chi connectivity index (χ3n) is 4.51. The number of carbonyl (C=O) groups is 1. The van der Waals surface area contributed by atoms with Crippen molar-refractivity contribution in [1.82, 2.24) is 19.4 Å². The van der Waals surface area contributed by atoms with Crippen LogP contribution in [-0.2, 0) is 17.9 Å². The number of carbonyl (C=O) groups excluding carboxylic acids is 1. The van der Waals surface area contributed by atoms with Gasteiger partial charge in [0.2, 0.25) is 5.91 Å². The molecule has 1 saturated heterocycles. The highest BCUT2D eigenvalue weighted by molar-refractivity contribution is 5.81. The van der Waals surface area contributed by atoms with Crippen molar-refractivity contribution in [2.24, 2.45) is 0 Å². The van der Waals surface area contributed by atoms with Gasteiger partial charge in [0.25, 0.3) is 0 Å². The molecule has 118 valence electrons. The molecule has 0 radical (unpaired) electrons. The quantitative estimate of drug-likeness (QED) is 0.902. The fourth-order valence-electron chi connectivity index (χ4n) is 3.15. The van der Waals surface area contributed by atoms with Gasteiger partial charge < -0.3 is 10.2 Å². The van der Waals surface area contributed by atoms with Crippen LogP contribution < -0.4 is 11.0 Å². The van der Waals surface area contributed by atoms with E-state index in [1.165, 1.54) is 0 Å². The number of rotatable bonds is 4. The van der Waals surface area contributed by atoms with E-state index in [-0.39, 0.29) is 24.2 Å². The minimum Gasteiger partial charge on any atom is -0.340 e. The normalized spacial score (nSPS) is 18.0. The first kappa shape index (κ1) is 14.8. The van der Waals surface area contributed by atoms with Gasteiger partial charge in [0.05, 0.1) is 11.0 Å². The van der Waals surface area contributed by atoms with Gasteiger partial charge in [0, 0.05) is 26.2 Å². The van der Waals surface area contributed by atoms with Gasteiger partial charge in [-0.1, -0.05) is 12.1 Å². The maximum Gasteiger partial charge on any atom is 0.329 e. The Kier molecular flexibility index (Phi) is 4.02. The molecule has 1 N–H and O–H groups in total. The molecule has 0 saturated carbocycles. The molecule has 3 rings (SSSR count). The number of amides is 1. The molecule has 1 amide bonds. The summed E-state index contributed by atoms with van der Waals surface area (Å²) in [6, 6.07) is 7.85.